The Morgan fingerprint density at radius 3 is 2.62 bits per heavy atom. The lowest BCUT2D eigenvalue weighted by molar-refractivity contribution is -0.132. The molecule has 0 atom stereocenters. The number of urea groups is 1. The van der Waals surface area contributed by atoms with Gasteiger partial charge in [-0.25, -0.2) is 4.79 Å². The van der Waals surface area contributed by atoms with Crippen LogP contribution in [0.2, 0.25) is 0 Å². The van der Waals surface area contributed by atoms with Crippen LogP contribution in [0.3, 0.4) is 0 Å². The van der Waals surface area contributed by atoms with Crippen molar-refractivity contribution in [1.29, 1.82) is 0 Å². The van der Waals surface area contributed by atoms with Crippen LogP contribution >= 0.6 is 0 Å². The summed E-state index contributed by atoms with van der Waals surface area (Å²) in [5.74, 6) is -0.132. The Morgan fingerprint density at radius 1 is 1.31 bits per heavy atom. The van der Waals surface area contributed by atoms with Gasteiger partial charge in [0, 0.05) is 13.2 Å². The number of aliphatic hydroxyl groups is 1. The van der Waals surface area contributed by atoms with Gasteiger partial charge >= 0.3 is 6.03 Å². The fraction of sp³-hybridized carbons (Fsp3) is 0.800. The highest BCUT2D eigenvalue weighted by Crippen LogP contribution is 2.26. The first kappa shape index (κ1) is 11.3. The highest BCUT2D eigenvalue weighted by molar-refractivity contribution is 6.07. The summed E-state index contributed by atoms with van der Waals surface area (Å²) in [5.41, 5.74) is -0.683. The SMILES string of the molecule is O=C1NC2(CCNCC2)C(=O)N1CCCO. The number of hydrogen-bond donors (Lipinski definition) is 3. The van der Waals surface area contributed by atoms with E-state index in [4.69, 9.17) is 5.11 Å². The Hall–Kier alpha value is -1.14. The van der Waals surface area contributed by atoms with Crippen molar-refractivity contribution in [3.63, 3.8) is 0 Å². The fourth-order valence-corrected chi connectivity index (χ4v) is 2.30. The smallest absolute Gasteiger partial charge is 0.325 e. The van der Waals surface area contributed by atoms with Crippen molar-refractivity contribution in [3.8, 4) is 0 Å². The van der Waals surface area contributed by atoms with Crippen LogP contribution in [-0.4, -0.2) is 53.7 Å². The average Bonchev–Trinajstić information content (AvgIpc) is 2.50. The molecule has 0 radical (unpaired) electrons. The first-order valence-electron chi connectivity index (χ1n) is 5.65. The van der Waals surface area contributed by atoms with Gasteiger partial charge < -0.3 is 15.7 Å². The lowest BCUT2D eigenvalue weighted by Gasteiger charge is -2.31. The summed E-state index contributed by atoms with van der Waals surface area (Å²) in [6.07, 6.45) is 1.73. The average molecular weight is 227 g/mol. The van der Waals surface area contributed by atoms with Gasteiger partial charge in [0.1, 0.15) is 5.54 Å². The quantitative estimate of drug-likeness (QED) is 0.543. The zero-order valence-corrected chi connectivity index (χ0v) is 9.16. The van der Waals surface area contributed by atoms with E-state index in [-0.39, 0.29) is 18.5 Å². The first-order valence-corrected chi connectivity index (χ1v) is 5.65. The molecule has 0 aromatic rings. The predicted octanol–water partition coefficient (Wildman–Crippen LogP) is -0.957. The maximum Gasteiger partial charge on any atom is 0.325 e. The molecule has 16 heavy (non-hydrogen) atoms. The molecule has 3 N–H and O–H groups in total. The lowest BCUT2D eigenvalue weighted by atomic mass is 9.88. The number of nitrogens with zero attached hydrogens (tertiary/aromatic N) is 1. The van der Waals surface area contributed by atoms with Crippen molar-refractivity contribution in [1.82, 2.24) is 15.5 Å². The molecule has 0 unspecified atom stereocenters. The Morgan fingerprint density at radius 2 is 2.00 bits per heavy atom. The molecule has 2 aliphatic rings. The van der Waals surface area contributed by atoms with Gasteiger partial charge in [0.2, 0.25) is 0 Å². The molecule has 6 nitrogen and oxygen atoms in total. The molecular formula is C10H17N3O3. The van der Waals surface area contributed by atoms with Crippen LogP contribution in [0.25, 0.3) is 0 Å². The minimum atomic E-state index is -0.683. The second kappa shape index (κ2) is 4.39. The van der Waals surface area contributed by atoms with E-state index in [1.54, 1.807) is 0 Å². The Balaban J connectivity index is 2.08. The van der Waals surface area contributed by atoms with E-state index < -0.39 is 5.54 Å². The molecule has 2 heterocycles. The molecule has 0 aromatic heterocycles. The van der Waals surface area contributed by atoms with Gasteiger partial charge in [0.05, 0.1) is 0 Å². The summed E-state index contributed by atoms with van der Waals surface area (Å²) in [5, 5.41) is 14.7. The van der Waals surface area contributed by atoms with Gasteiger partial charge in [-0.1, -0.05) is 0 Å². The van der Waals surface area contributed by atoms with E-state index >= 15 is 0 Å². The third-order valence-corrected chi connectivity index (χ3v) is 3.24. The van der Waals surface area contributed by atoms with Crippen LogP contribution < -0.4 is 10.6 Å². The van der Waals surface area contributed by atoms with Gasteiger partial charge in [-0.05, 0) is 32.4 Å². The number of nitrogens with one attached hydrogen (secondary N) is 2. The highest BCUT2D eigenvalue weighted by Gasteiger charge is 2.50. The van der Waals surface area contributed by atoms with Crippen LogP contribution in [0.5, 0.6) is 0 Å². The number of rotatable bonds is 3. The van der Waals surface area contributed by atoms with Crippen LogP contribution in [0.1, 0.15) is 19.3 Å². The molecule has 0 saturated carbocycles. The van der Waals surface area contributed by atoms with Crippen molar-refractivity contribution < 1.29 is 14.7 Å². The van der Waals surface area contributed by atoms with E-state index in [9.17, 15) is 9.59 Å². The molecule has 2 rings (SSSR count). The summed E-state index contributed by atoms with van der Waals surface area (Å²) < 4.78 is 0. The van der Waals surface area contributed by atoms with Gasteiger partial charge in [-0.3, -0.25) is 9.69 Å². The summed E-state index contributed by atoms with van der Waals surface area (Å²) in [6.45, 7) is 1.79. The zero-order valence-electron chi connectivity index (χ0n) is 9.16. The largest absolute Gasteiger partial charge is 0.396 e. The summed E-state index contributed by atoms with van der Waals surface area (Å²) in [4.78, 5) is 25.0. The molecule has 90 valence electrons. The van der Waals surface area contributed by atoms with Gasteiger partial charge in [-0.15, -0.1) is 0 Å². The van der Waals surface area contributed by atoms with Crippen LogP contribution in [-0.2, 0) is 4.79 Å². The fourth-order valence-electron chi connectivity index (χ4n) is 2.30. The number of hydrogen-bond acceptors (Lipinski definition) is 4. The van der Waals surface area contributed by atoms with E-state index in [0.717, 1.165) is 13.1 Å². The molecule has 0 aliphatic carbocycles. The minimum absolute atomic E-state index is 0.00832. The molecule has 6 heteroatoms. The third-order valence-electron chi connectivity index (χ3n) is 3.24. The number of aliphatic hydroxyl groups excluding tert-OH is 1. The molecule has 0 bridgehead atoms. The summed E-state index contributed by atoms with van der Waals surface area (Å²) >= 11 is 0. The third kappa shape index (κ3) is 1.78. The highest BCUT2D eigenvalue weighted by atomic mass is 16.3. The van der Waals surface area contributed by atoms with Gasteiger partial charge in [0.15, 0.2) is 0 Å². The molecule has 2 aliphatic heterocycles. The van der Waals surface area contributed by atoms with Crippen molar-refractivity contribution in [2.45, 2.75) is 24.8 Å². The maximum atomic E-state index is 12.1. The molecule has 2 fully saturated rings. The molecule has 3 amide bonds. The van der Waals surface area contributed by atoms with Crippen LogP contribution in [0.4, 0.5) is 4.79 Å². The van der Waals surface area contributed by atoms with Gasteiger partial charge in [0.25, 0.3) is 5.91 Å². The van der Waals surface area contributed by atoms with Crippen molar-refractivity contribution in [3.05, 3.63) is 0 Å². The van der Waals surface area contributed by atoms with Crippen molar-refractivity contribution >= 4 is 11.9 Å². The normalized spacial score (nSPS) is 23.9. The van der Waals surface area contributed by atoms with Crippen molar-refractivity contribution in [2.24, 2.45) is 0 Å². The number of carbonyl (C=O) groups is 2. The number of piperidine rings is 1. The molecular weight excluding hydrogens is 210 g/mol. The second-order valence-corrected chi connectivity index (χ2v) is 4.30. The summed E-state index contributed by atoms with van der Waals surface area (Å²) in [7, 11) is 0. The zero-order chi connectivity index (χ0) is 11.6. The molecule has 0 aromatic carbocycles. The van der Waals surface area contributed by atoms with E-state index in [0.29, 0.717) is 25.8 Å². The van der Waals surface area contributed by atoms with Crippen LogP contribution in [0.15, 0.2) is 0 Å². The standard InChI is InChI=1S/C10H17N3O3/c14-7-1-6-13-8(15)10(12-9(13)16)2-4-11-5-3-10/h11,14H,1-7H2,(H,12,16). The Bertz CT molecular complexity index is 300. The Kier molecular flexibility index (Phi) is 3.11. The van der Waals surface area contributed by atoms with Gasteiger partial charge in [-0.2, -0.15) is 0 Å². The lowest BCUT2D eigenvalue weighted by Crippen LogP contribution is -2.53. The Labute approximate surface area is 94.0 Å². The number of imide groups is 1. The second-order valence-electron chi connectivity index (χ2n) is 4.30. The number of carbonyl (C=O) groups excluding carboxylic acids is 2. The summed E-state index contributed by atoms with van der Waals surface area (Å²) in [6, 6.07) is -0.319. The monoisotopic (exact) mass is 227 g/mol. The molecule has 1 spiro atoms. The van der Waals surface area contributed by atoms with E-state index in [1.165, 1.54) is 4.90 Å². The maximum absolute atomic E-state index is 12.1. The van der Waals surface area contributed by atoms with Crippen LogP contribution in [0, 0.1) is 0 Å². The molecule has 2 saturated heterocycles. The first-order chi connectivity index (χ1) is 7.69. The van der Waals surface area contributed by atoms with E-state index in [1.807, 2.05) is 0 Å². The minimum Gasteiger partial charge on any atom is -0.396 e. The number of amides is 3. The topological polar surface area (TPSA) is 81.7 Å². The van der Waals surface area contributed by atoms with E-state index in [2.05, 4.69) is 10.6 Å². The predicted molar refractivity (Wildman–Crippen MR) is 56.8 cm³/mol. The van der Waals surface area contributed by atoms with Crippen molar-refractivity contribution in [2.75, 3.05) is 26.2 Å².